The van der Waals surface area contributed by atoms with E-state index in [9.17, 15) is 4.79 Å². The molecule has 0 aliphatic rings. The van der Waals surface area contributed by atoms with Gasteiger partial charge in [0.1, 0.15) is 4.99 Å². The largest absolute Gasteiger partial charge is 0.389 e. The summed E-state index contributed by atoms with van der Waals surface area (Å²) in [4.78, 5) is 14.8. The van der Waals surface area contributed by atoms with Crippen LogP contribution in [0, 0.1) is 0 Å². The third-order valence-corrected chi connectivity index (χ3v) is 3.54. The summed E-state index contributed by atoms with van der Waals surface area (Å²) in [7, 11) is 0. The Morgan fingerprint density at radius 3 is 2.20 bits per heavy atom. The predicted molar refractivity (Wildman–Crippen MR) is 88.0 cm³/mol. The highest BCUT2D eigenvalue weighted by molar-refractivity contribution is 7.80. The average Bonchev–Trinajstić information content (AvgIpc) is 2.42. The van der Waals surface area contributed by atoms with Crippen molar-refractivity contribution < 1.29 is 4.79 Å². The van der Waals surface area contributed by atoms with Gasteiger partial charge in [0.25, 0.3) is 5.91 Å². The first kappa shape index (κ1) is 16.6. The van der Waals surface area contributed by atoms with E-state index < -0.39 is 0 Å². The van der Waals surface area contributed by atoms with E-state index in [0.29, 0.717) is 10.6 Å². The van der Waals surface area contributed by atoms with Gasteiger partial charge >= 0.3 is 0 Å². The molecule has 0 fully saturated rings. The minimum atomic E-state index is 0.0746. The van der Waals surface area contributed by atoms with Crippen LogP contribution in [-0.4, -0.2) is 28.4 Å². The third kappa shape index (κ3) is 4.60. The van der Waals surface area contributed by atoms with Gasteiger partial charge in [-0.05, 0) is 32.4 Å². The van der Waals surface area contributed by atoms with E-state index in [1.807, 2.05) is 18.7 Å². The van der Waals surface area contributed by atoms with Crippen LogP contribution in [0.1, 0.15) is 56.0 Å². The van der Waals surface area contributed by atoms with Crippen molar-refractivity contribution in [2.75, 3.05) is 6.54 Å². The van der Waals surface area contributed by atoms with Crippen LogP contribution in [0.25, 0.3) is 0 Å². The van der Waals surface area contributed by atoms with Gasteiger partial charge in [0.2, 0.25) is 0 Å². The Balaban J connectivity index is 2.80. The van der Waals surface area contributed by atoms with Crippen LogP contribution in [0.4, 0.5) is 0 Å². The first-order chi connectivity index (χ1) is 9.47. The van der Waals surface area contributed by atoms with E-state index in [1.165, 1.54) is 0 Å². The monoisotopic (exact) mass is 292 g/mol. The lowest BCUT2D eigenvalue weighted by Crippen LogP contribution is -2.37. The lowest BCUT2D eigenvalue weighted by molar-refractivity contribution is 0.0702. The fourth-order valence-electron chi connectivity index (χ4n) is 2.07. The van der Waals surface area contributed by atoms with Gasteiger partial charge in [0, 0.05) is 23.7 Å². The van der Waals surface area contributed by atoms with E-state index in [0.717, 1.165) is 31.4 Å². The van der Waals surface area contributed by atoms with Gasteiger partial charge in [0.15, 0.2) is 0 Å². The Kier molecular flexibility index (Phi) is 6.65. The minimum absolute atomic E-state index is 0.0746. The van der Waals surface area contributed by atoms with Gasteiger partial charge in [-0.25, -0.2) is 0 Å². The molecule has 0 spiro atoms. The van der Waals surface area contributed by atoms with Crippen LogP contribution < -0.4 is 5.73 Å². The average molecular weight is 292 g/mol. The molecule has 0 saturated heterocycles. The molecule has 0 saturated carbocycles. The van der Waals surface area contributed by atoms with Gasteiger partial charge in [-0.3, -0.25) is 4.79 Å². The van der Waals surface area contributed by atoms with Crippen molar-refractivity contribution in [1.29, 1.82) is 0 Å². The molecular formula is C16H24N2OS. The molecule has 0 atom stereocenters. The molecule has 0 bridgehead atoms. The molecule has 1 aromatic rings. The summed E-state index contributed by atoms with van der Waals surface area (Å²) in [5, 5.41) is 0. The zero-order chi connectivity index (χ0) is 15.1. The number of rotatable bonds is 7. The summed E-state index contributed by atoms with van der Waals surface area (Å²) < 4.78 is 0. The maximum atomic E-state index is 12.5. The SMILES string of the molecule is CCCCCN(C(=O)c1ccc(C(N)=S)cc1)C(C)C. The van der Waals surface area contributed by atoms with Crippen LogP contribution in [0.3, 0.4) is 0 Å². The highest BCUT2D eigenvalue weighted by atomic mass is 32.1. The summed E-state index contributed by atoms with van der Waals surface area (Å²) in [6.45, 7) is 7.07. The number of carbonyl (C=O) groups excluding carboxylic acids is 1. The van der Waals surface area contributed by atoms with Gasteiger partial charge in [-0.1, -0.05) is 44.1 Å². The minimum Gasteiger partial charge on any atom is -0.389 e. The normalized spacial score (nSPS) is 10.6. The molecule has 1 aromatic carbocycles. The van der Waals surface area contributed by atoms with E-state index in [-0.39, 0.29) is 11.9 Å². The summed E-state index contributed by atoms with van der Waals surface area (Å²) >= 11 is 4.92. The molecule has 0 unspecified atom stereocenters. The lowest BCUT2D eigenvalue weighted by Gasteiger charge is -2.27. The topological polar surface area (TPSA) is 46.3 Å². The van der Waals surface area contributed by atoms with E-state index in [2.05, 4.69) is 6.92 Å². The summed E-state index contributed by atoms with van der Waals surface area (Å²) in [6.07, 6.45) is 3.35. The number of benzene rings is 1. The molecule has 2 N–H and O–H groups in total. The number of amides is 1. The van der Waals surface area contributed by atoms with Crippen LogP contribution in [0.2, 0.25) is 0 Å². The number of carbonyl (C=O) groups is 1. The Bertz CT molecular complexity index is 454. The molecule has 0 aliphatic heterocycles. The maximum absolute atomic E-state index is 12.5. The van der Waals surface area contributed by atoms with Gasteiger partial charge < -0.3 is 10.6 Å². The molecule has 110 valence electrons. The van der Waals surface area contributed by atoms with Crippen molar-refractivity contribution in [3.05, 3.63) is 35.4 Å². The molecule has 0 aromatic heterocycles. The van der Waals surface area contributed by atoms with E-state index in [1.54, 1.807) is 24.3 Å². The van der Waals surface area contributed by atoms with Crippen LogP contribution >= 0.6 is 12.2 Å². The lowest BCUT2D eigenvalue weighted by atomic mass is 10.1. The summed E-state index contributed by atoms with van der Waals surface area (Å²) in [5.41, 5.74) is 7.05. The molecule has 20 heavy (non-hydrogen) atoms. The zero-order valence-corrected chi connectivity index (χ0v) is 13.4. The second kappa shape index (κ2) is 8.00. The quantitative estimate of drug-likeness (QED) is 0.619. The van der Waals surface area contributed by atoms with Crippen molar-refractivity contribution in [3.63, 3.8) is 0 Å². The second-order valence-corrected chi connectivity index (χ2v) is 5.68. The van der Waals surface area contributed by atoms with Gasteiger partial charge in [-0.2, -0.15) is 0 Å². The van der Waals surface area contributed by atoms with Gasteiger partial charge in [0.05, 0.1) is 0 Å². The Morgan fingerprint density at radius 2 is 1.75 bits per heavy atom. The Morgan fingerprint density at radius 1 is 1.20 bits per heavy atom. The molecule has 0 radical (unpaired) electrons. The molecule has 0 heterocycles. The highest BCUT2D eigenvalue weighted by Gasteiger charge is 2.18. The van der Waals surface area contributed by atoms with Crippen molar-refractivity contribution in [2.45, 2.75) is 46.1 Å². The molecule has 1 amide bonds. The summed E-state index contributed by atoms with van der Waals surface area (Å²) in [6, 6.07) is 7.41. The number of hydrogen-bond donors (Lipinski definition) is 1. The number of unbranched alkanes of at least 4 members (excludes halogenated alkanes) is 2. The number of nitrogens with zero attached hydrogens (tertiary/aromatic N) is 1. The van der Waals surface area contributed by atoms with Crippen LogP contribution in [0.15, 0.2) is 24.3 Å². The number of nitrogens with two attached hydrogens (primary N) is 1. The molecular weight excluding hydrogens is 268 g/mol. The predicted octanol–water partition coefficient (Wildman–Crippen LogP) is 3.36. The molecule has 1 rings (SSSR count). The molecule has 0 aliphatic carbocycles. The molecule has 4 heteroatoms. The standard InChI is InChI=1S/C16H24N2OS/c1-4-5-6-11-18(12(2)3)16(19)14-9-7-13(8-10-14)15(17)20/h7-10,12H,4-6,11H2,1-3H3,(H2,17,20). The van der Waals surface area contributed by atoms with Crippen molar-refractivity contribution in [2.24, 2.45) is 5.73 Å². The Labute approximate surface area is 127 Å². The van der Waals surface area contributed by atoms with E-state index >= 15 is 0 Å². The van der Waals surface area contributed by atoms with Crippen molar-refractivity contribution in [1.82, 2.24) is 4.90 Å². The van der Waals surface area contributed by atoms with Gasteiger partial charge in [-0.15, -0.1) is 0 Å². The smallest absolute Gasteiger partial charge is 0.254 e. The van der Waals surface area contributed by atoms with Crippen molar-refractivity contribution in [3.8, 4) is 0 Å². The van der Waals surface area contributed by atoms with Crippen LogP contribution in [0.5, 0.6) is 0 Å². The van der Waals surface area contributed by atoms with Crippen molar-refractivity contribution >= 4 is 23.1 Å². The number of thiocarbonyl (C=S) groups is 1. The van der Waals surface area contributed by atoms with Crippen LogP contribution in [-0.2, 0) is 0 Å². The maximum Gasteiger partial charge on any atom is 0.254 e. The fourth-order valence-corrected chi connectivity index (χ4v) is 2.21. The fraction of sp³-hybridized carbons (Fsp3) is 0.500. The number of hydrogen-bond acceptors (Lipinski definition) is 2. The zero-order valence-electron chi connectivity index (χ0n) is 12.6. The highest BCUT2D eigenvalue weighted by Crippen LogP contribution is 2.12. The first-order valence-electron chi connectivity index (χ1n) is 7.18. The van der Waals surface area contributed by atoms with E-state index in [4.69, 9.17) is 18.0 Å². The first-order valence-corrected chi connectivity index (χ1v) is 7.59. The molecule has 3 nitrogen and oxygen atoms in total. The second-order valence-electron chi connectivity index (χ2n) is 5.24. The third-order valence-electron chi connectivity index (χ3n) is 3.30. The Hall–Kier alpha value is -1.42. The summed E-state index contributed by atoms with van der Waals surface area (Å²) in [5.74, 6) is 0.0746.